The highest BCUT2D eigenvalue weighted by Crippen LogP contribution is 2.13. The van der Waals surface area contributed by atoms with Gasteiger partial charge >= 0.3 is 17.9 Å². The second-order valence-corrected chi connectivity index (χ2v) is 17.7. The van der Waals surface area contributed by atoms with Crippen LogP contribution in [-0.2, 0) is 28.6 Å². The van der Waals surface area contributed by atoms with E-state index < -0.39 is 6.10 Å². The number of hydrogen-bond donors (Lipinski definition) is 0. The minimum absolute atomic E-state index is 0.102. The molecule has 0 spiro atoms. The second-order valence-electron chi connectivity index (χ2n) is 17.7. The topological polar surface area (TPSA) is 78.9 Å². The van der Waals surface area contributed by atoms with Gasteiger partial charge in [0, 0.05) is 19.3 Å². The lowest BCUT2D eigenvalue weighted by Gasteiger charge is -2.18. The summed E-state index contributed by atoms with van der Waals surface area (Å²) >= 11 is 0. The van der Waals surface area contributed by atoms with Gasteiger partial charge in [-0.25, -0.2) is 0 Å². The number of ether oxygens (including phenoxy) is 3. The van der Waals surface area contributed by atoms with Gasteiger partial charge in [-0.1, -0.05) is 225 Å². The van der Waals surface area contributed by atoms with Crippen molar-refractivity contribution in [1.82, 2.24) is 0 Å². The molecule has 0 aliphatic carbocycles. The lowest BCUT2D eigenvalue weighted by molar-refractivity contribution is -0.167. The van der Waals surface area contributed by atoms with Crippen LogP contribution in [0.2, 0.25) is 0 Å². The maximum atomic E-state index is 12.8. The maximum Gasteiger partial charge on any atom is 0.306 e. The van der Waals surface area contributed by atoms with E-state index in [1.54, 1.807) is 0 Å². The van der Waals surface area contributed by atoms with Gasteiger partial charge in [-0.2, -0.15) is 0 Å². The van der Waals surface area contributed by atoms with Crippen LogP contribution in [0.5, 0.6) is 0 Å². The second kappa shape index (κ2) is 56.1. The molecule has 69 heavy (non-hydrogen) atoms. The number of hydrogen-bond acceptors (Lipinski definition) is 6. The van der Waals surface area contributed by atoms with E-state index in [2.05, 4.69) is 154 Å². The van der Waals surface area contributed by atoms with Gasteiger partial charge in [-0.3, -0.25) is 14.4 Å². The van der Waals surface area contributed by atoms with Crippen LogP contribution < -0.4 is 0 Å². The summed E-state index contributed by atoms with van der Waals surface area (Å²) in [5.74, 6) is -0.974. The van der Waals surface area contributed by atoms with Gasteiger partial charge in [-0.15, -0.1) is 0 Å². The van der Waals surface area contributed by atoms with E-state index in [0.717, 1.165) is 141 Å². The quantitative estimate of drug-likeness (QED) is 0.0262. The molecule has 0 amide bonds. The van der Waals surface area contributed by atoms with Crippen LogP contribution in [0.1, 0.15) is 226 Å². The van der Waals surface area contributed by atoms with E-state index in [0.29, 0.717) is 19.3 Å². The first-order valence-electron chi connectivity index (χ1n) is 27.7. The Balaban J connectivity index is 4.23. The Kier molecular flexibility index (Phi) is 52.5. The normalized spacial score (nSPS) is 13.1. The van der Waals surface area contributed by atoms with Crippen LogP contribution in [0, 0.1) is 0 Å². The number of unbranched alkanes of at least 4 members (excludes halogenated alkanes) is 15. The first-order valence-corrected chi connectivity index (χ1v) is 27.7. The van der Waals surface area contributed by atoms with Gasteiger partial charge < -0.3 is 14.2 Å². The molecule has 0 aliphatic heterocycles. The monoisotopic (exact) mass is 953 g/mol. The first-order chi connectivity index (χ1) is 34.0. The Morgan fingerprint density at radius 2 is 0.565 bits per heavy atom. The fraction of sp³-hybridized carbons (Fsp3) is 0.603. The van der Waals surface area contributed by atoms with Crippen molar-refractivity contribution in [2.75, 3.05) is 13.2 Å². The van der Waals surface area contributed by atoms with Gasteiger partial charge in [0.25, 0.3) is 0 Å². The van der Waals surface area contributed by atoms with Crippen molar-refractivity contribution in [1.29, 1.82) is 0 Å². The summed E-state index contributed by atoms with van der Waals surface area (Å²) in [5.41, 5.74) is 0. The van der Waals surface area contributed by atoms with E-state index in [-0.39, 0.29) is 37.5 Å². The highest BCUT2D eigenvalue weighted by Gasteiger charge is 2.19. The summed E-state index contributed by atoms with van der Waals surface area (Å²) in [6, 6.07) is 0. The molecule has 0 aromatic carbocycles. The predicted molar refractivity (Wildman–Crippen MR) is 297 cm³/mol. The Bertz CT molecular complexity index is 1510. The summed E-state index contributed by atoms with van der Waals surface area (Å²) in [4.78, 5) is 37.8. The zero-order chi connectivity index (χ0) is 50.0. The van der Waals surface area contributed by atoms with Crippen LogP contribution >= 0.6 is 0 Å². The SMILES string of the molecule is CC/C=C\C/C=C\C/C=C\C/C=C\C/C=C\C/C=C\CCCCC(=O)OC(COC(=O)CCCCCCC)COC(=O)CCCCCCCCCCC/C=C\C/C=C\C/C=C\C/C=C\C/C=C\CC. The Morgan fingerprint density at radius 3 is 0.913 bits per heavy atom. The molecule has 0 aromatic heterocycles. The average molecular weight is 953 g/mol. The van der Waals surface area contributed by atoms with Crippen molar-refractivity contribution in [2.45, 2.75) is 232 Å². The van der Waals surface area contributed by atoms with E-state index in [1.165, 1.54) is 38.5 Å². The zero-order valence-electron chi connectivity index (χ0n) is 44.3. The number of rotatable bonds is 48. The fourth-order valence-corrected chi connectivity index (χ4v) is 7.06. The summed E-state index contributed by atoms with van der Waals surface area (Å²) < 4.78 is 16.7. The smallest absolute Gasteiger partial charge is 0.306 e. The lowest BCUT2D eigenvalue weighted by Crippen LogP contribution is -2.30. The molecule has 0 radical (unpaired) electrons. The third kappa shape index (κ3) is 54.4. The minimum atomic E-state index is -0.805. The molecule has 6 nitrogen and oxygen atoms in total. The zero-order valence-corrected chi connectivity index (χ0v) is 44.3. The van der Waals surface area contributed by atoms with Crippen LogP contribution in [0.4, 0.5) is 0 Å². The van der Waals surface area contributed by atoms with Crippen LogP contribution in [0.3, 0.4) is 0 Å². The Labute approximate surface area is 424 Å². The predicted octanol–water partition coefficient (Wildman–Crippen LogP) is 18.6. The van der Waals surface area contributed by atoms with Crippen LogP contribution in [-0.4, -0.2) is 37.2 Å². The van der Waals surface area contributed by atoms with Crippen LogP contribution in [0.15, 0.2) is 134 Å². The highest BCUT2D eigenvalue weighted by molar-refractivity contribution is 5.71. The average Bonchev–Trinajstić information content (AvgIpc) is 3.35. The van der Waals surface area contributed by atoms with Gasteiger partial charge in [-0.05, 0) is 116 Å². The summed E-state index contributed by atoms with van der Waals surface area (Å²) in [5, 5.41) is 0. The molecule has 0 bridgehead atoms. The lowest BCUT2D eigenvalue weighted by atomic mass is 10.1. The molecule has 0 heterocycles. The molecule has 0 saturated heterocycles. The minimum Gasteiger partial charge on any atom is -0.462 e. The van der Waals surface area contributed by atoms with E-state index in [4.69, 9.17) is 14.2 Å². The molecular weight excluding hydrogens is 853 g/mol. The number of allylic oxidation sites excluding steroid dienone is 22. The van der Waals surface area contributed by atoms with Crippen molar-refractivity contribution in [2.24, 2.45) is 0 Å². The van der Waals surface area contributed by atoms with Gasteiger partial charge in [0.2, 0.25) is 0 Å². The molecular formula is C63H100O6. The van der Waals surface area contributed by atoms with Crippen molar-refractivity contribution in [3.05, 3.63) is 134 Å². The number of carbonyl (C=O) groups excluding carboxylic acids is 3. The van der Waals surface area contributed by atoms with Crippen molar-refractivity contribution < 1.29 is 28.6 Å². The van der Waals surface area contributed by atoms with E-state index in [9.17, 15) is 14.4 Å². The Hall–Kier alpha value is -4.45. The molecule has 6 heteroatoms. The molecule has 0 rings (SSSR count). The molecule has 0 N–H and O–H groups in total. The standard InChI is InChI=1S/C63H100O6/c1-4-7-10-13-15-17-19-21-23-25-27-29-30-31-32-34-35-37-39-41-43-45-47-50-53-56-62(65)68-59-60(58-67-61(64)55-52-49-12-9-6-3)69-63(66)57-54-51-48-46-44-42-40-38-36-33-28-26-24-22-20-18-16-14-11-8-5-2/h7-8,10-11,15-18,21-24,27-29,31-33,38,40,44,46,60H,4-6,9,12-14,19-20,25-26,30,34-37,39,41-43,45,47-59H2,1-3H3/b10-7-,11-8-,17-15-,18-16-,23-21-,24-22-,29-27-,32-31-,33-28-,40-38-,46-44-. The highest BCUT2D eigenvalue weighted by atomic mass is 16.6. The van der Waals surface area contributed by atoms with Gasteiger partial charge in [0.05, 0.1) is 0 Å². The number of carbonyl (C=O) groups is 3. The maximum absolute atomic E-state index is 12.8. The summed E-state index contributed by atoms with van der Waals surface area (Å²) in [6.07, 6.45) is 79.1. The molecule has 0 aliphatic rings. The van der Waals surface area contributed by atoms with Crippen LogP contribution in [0.25, 0.3) is 0 Å². The van der Waals surface area contributed by atoms with Crippen molar-refractivity contribution in [3.8, 4) is 0 Å². The third-order valence-electron chi connectivity index (χ3n) is 11.2. The summed E-state index contributed by atoms with van der Waals surface area (Å²) in [6.45, 7) is 6.27. The fourth-order valence-electron chi connectivity index (χ4n) is 7.06. The van der Waals surface area contributed by atoms with Crippen molar-refractivity contribution >= 4 is 17.9 Å². The molecule has 388 valence electrons. The van der Waals surface area contributed by atoms with E-state index in [1.807, 2.05) is 0 Å². The summed E-state index contributed by atoms with van der Waals surface area (Å²) in [7, 11) is 0. The first kappa shape index (κ1) is 64.5. The van der Waals surface area contributed by atoms with Gasteiger partial charge in [0.15, 0.2) is 6.10 Å². The molecule has 0 saturated carbocycles. The molecule has 0 aromatic rings. The van der Waals surface area contributed by atoms with Gasteiger partial charge in [0.1, 0.15) is 13.2 Å². The molecule has 1 unspecified atom stereocenters. The third-order valence-corrected chi connectivity index (χ3v) is 11.2. The molecule has 1 atom stereocenters. The largest absolute Gasteiger partial charge is 0.462 e. The molecule has 0 fully saturated rings. The number of esters is 3. The van der Waals surface area contributed by atoms with E-state index >= 15 is 0 Å². The Morgan fingerprint density at radius 1 is 0.304 bits per heavy atom. The van der Waals surface area contributed by atoms with Crippen molar-refractivity contribution in [3.63, 3.8) is 0 Å².